The summed E-state index contributed by atoms with van der Waals surface area (Å²) in [6.07, 6.45) is 1.76. The molecule has 2 aromatic rings. The molecule has 23 heavy (non-hydrogen) atoms. The average Bonchev–Trinajstić information content (AvgIpc) is 2.95. The summed E-state index contributed by atoms with van der Waals surface area (Å²) in [5.74, 6) is 1.75. The molecule has 0 radical (unpaired) electrons. The van der Waals surface area contributed by atoms with Crippen LogP contribution in [0.15, 0.2) is 42.1 Å². The fraction of sp³-hybridized carbons (Fsp3) is 0.312. The topological polar surface area (TPSA) is 66.2 Å². The van der Waals surface area contributed by atoms with Crippen LogP contribution in [0.4, 0.5) is 0 Å². The van der Waals surface area contributed by atoms with Crippen molar-refractivity contribution >= 4 is 17.5 Å². The summed E-state index contributed by atoms with van der Waals surface area (Å²) in [5, 5.41) is 8.89. The van der Waals surface area contributed by atoms with Crippen molar-refractivity contribution in [1.82, 2.24) is 14.8 Å². The largest absolute Gasteiger partial charge is 0.497 e. The number of nitrogens with zero attached hydrogens (tertiary/aromatic N) is 3. The summed E-state index contributed by atoms with van der Waals surface area (Å²) in [4.78, 5) is 12.3. The number of hydrogen-bond acceptors (Lipinski definition) is 6. The van der Waals surface area contributed by atoms with Gasteiger partial charge in [-0.3, -0.25) is 4.79 Å². The van der Waals surface area contributed by atoms with Crippen molar-refractivity contribution in [2.24, 2.45) is 0 Å². The van der Waals surface area contributed by atoms with Crippen LogP contribution in [0.1, 0.15) is 16.2 Å². The average molecular weight is 333 g/mol. The number of Topliss-reactive ketones (excluding diaryl/α,β-unsaturated/α-hetero) is 1. The minimum atomic E-state index is 0.0269. The summed E-state index contributed by atoms with van der Waals surface area (Å²) < 4.78 is 12.1. The van der Waals surface area contributed by atoms with E-state index in [4.69, 9.17) is 9.47 Å². The molecule has 0 fully saturated rings. The van der Waals surface area contributed by atoms with Crippen LogP contribution in [0.5, 0.6) is 5.75 Å². The van der Waals surface area contributed by atoms with E-state index < -0.39 is 0 Å². The number of carbonyl (C=O) groups is 1. The molecule has 0 aliphatic rings. The van der Waals surface area contributed by atoms with Gasteiger partial charge >= 0.3 is 0 Å². The zero-order valence-electron chi connectivity index (χ0n) is 13.2. The molecule has 0 bridgehead atoms. The van der Waals surface area contributed by atoms with Crippen LogP contribution in [0, 0.1) is 0 Å². The van der Waals surface area contributed by atoms with Gasteiger partial charge in [0.2, 0.25) is 0 Å². The first-order valence-corrected chi connectivity index (χ1v) is 8.00. The van der Waals surface area contributed by atoms with E-state index in [1.54, 1.807) is 44.6 Å². The number of methoxy groups -OCH3 is 2. The van der Waals surface area contributed by atoms with Crippen LogP contribution >= 0.6 is 11.8 Å². The van der Waals surface area contributed by atoms with E-state index in [9.17, 15) is 4.79 Å². The number of hydrogen-bond donors (Lipinski definition) is 0. The summed E-state index contributed by atoms with van der Waals surface area (Å²) >= 11 is 1.35. The van der Waals surface area contributed by atoms with Crippen LogP contribution in [0.2, 0.25) is 0 Å². The summed E-state index contributed by atoms with van der Waals surface area (Å²) in [5.41, 5.74) is 0.644. The molecule has 0 atom stereocenters. The Kier molecular flexibility index (Phi) is 6.37. The Morgan fingerprint density at radius 2 is 2.04 bits per heavy atom. The molecule has 6 nitrogen and oxygen atoms in total. The number of aromatic nitrogens is 3. The number of rotatable bonds is 9. The summed E-state index contributed by atoms with van der Waals surface area (Å²) in [6, 6.07) is 7.06. The van der Waals surface area contributed by atoms with Crippen molar-refractivity contribution in [3.05, 3.63) is 48.3 Å². The van der Waals surface area contributed by atoms with Gasteiger partial charge in [-0.2, -0.15) is 0 Å². The molecule has 0 saturated heterocycles. The molecule has 0 amide bonds. The number of thioether (sulfide) groups is 1. The first-order chi connectivity index (χ1) is 11.2. The van der Waals surface area contributed by atoms with Crippen molar-refractivity contribution in [2.45, 2.75) is 18.3 Å². The zero-order chi connectivity index (χ0) is 16.7. The molecule has 7 heteroatoms. The molecular weight excluding hydrogens is 314 g/mol. The Labute approximate surface area is 139 Å². The predicted octanol–water partition coefficient (Wildman–Crippen LogP) is 2.59. The first kappa shape index (κ1) is 17.2. The highest BCUT2D eigenvalue weighted by Crippen LogP contribution is 2.20. The van der Waals surface area contributed by atoms with Gasteiger partial charge in [-0.25, -0.2) is 0 Å². The Balaban J connectivity index is 2.04. The fourth-order valence-corrected chi connectivity index (χ4v) is 2.83. The van der Waals surface area contributed by atoms with E-state index in [1.165, 1.54) is 11.8 Å². The standard InChI is InChI=1S/C16H19N3O3S/c1-4-9-19-15(10-21-2)17-18-16(19)23-11-14(20)12-5-7-13(22-3)8-6-12/h4-8H,1,9-11H2,2-3H3. The maximum Gasteiger partial charge on any atom is 0.192 e. The van der Waals surface area contributed by atoms with E-state index in [0.29, 0.717) is 29.7 Å². The van der Waals surface area contributed by atoms with Crippen LogP contribution in [0.25, 0.3) is 0 Å². The molecular formula is C16H19N3O3S. The van der Waals surface area contributed by atoms with Crippen molar-refractivity contribution in [3.63, 3.8) is 0 Å². The lowest BCUT2D eigenvalue weighted by Gasteiger charge is -2.07. The molecule has 0 aliphatic heterocycles. The Morgan fingerprint density at radius 1 is 1.30 bits per heavy atom. The van der Waals surface area contributed by atoms with Gasteiger partial charge < -0.3 is 14.0 Å². The van der Waals surface area contributed by atoms with Gasteiger partial charge in [0.15, 0.2) is 16.8 Å². The summed E-state index contributed by atoms with van der Waals surface area (Å²) in [7, 11) is 3.20. The van der Waals surface area contributed by atoms with Gasteiger partial charge in [-0.05, 0) is 24.3 Å². The minimum Gasteiger partial charge on any atom is -0.497 e. The Morgan fingerprint density at radius 3 is 2.65 bits per heavy atom. The highest BCUT2D eigenvalue weighted by Gasteiger charge is 2.14. The molecule has 1 aromatic carbocycles. The summed E-state index contributed by atoms with van der Waals surface area (Å²) in [6.45, 7) is 4.67. The van der Waals surface area contributed by atoms with Crippen LogP contribution in [-0.4, -0.2) is 40.5 Å². The van der Waals surface area contributed by atoms with E-state index >= 15 is 0 Å². The number of ether oxygens (including phenoxy) is 2. The normalized spacial score (nSPS) is 10.5. The molecule has 1 aromatic heterocycles. The van der Waals surface area contributed by atoms with E-state index in [-0.39, 0.29) is 11.5 Å². The zero-order valence-corrected chi connectivity index (χ0v) is 14.0. The lowest BCUT2D eigenvalue weighted by molar-refractivity contribution is 0.102. The van der Waals surface area contributed by atoms with Gasteiger partial charge in [0.1, 0.15) is 12.4 Å². The third kappa shape index (κ3) is 4.43. The molecule has 1 heterocycles. The third-order valence-electron chi connectivity index (χ3n) is 3.12. The van der Waals surface area contributed by atoms with Crippen molar-refractivity contribution in [3.8, 4) is 5.75 Å². The molecule has 0 aliphatic carbocycles. The number of carbonyl (C=O) groups excluding carboxylic acids is 1. The molecule has 0 saturated carbocycles. The van der Waals surface area contributed by atoms with Gasteiger partial charge in [-0.1, -0.05) is 17.8 Å². The van der Waals surface area contributed by atoms with Crippen LogP contribution in [-0.2, 0) is 17.9 Å². The second-order valence-corrected chi connectivity index (χ2v) is 5.61. The highest BCUT2D eigenvalue weighted by atomic mass is 32.2. The smallest absolute Gasteiger partial charge is 0.192 e. The van der Waals surface area contributed by atoms with Crippen molar-refractivity contribution < 1.29 is 14.3 Å². The SMILES string of the molecule is C=CCn1c(COC)nnc1SCC(=O)c1ccc(OC)cc1. The van der Waals surface area contributed by atoms with Gasteiger partial charge in [0, 0.05) is 19.2 Å². The molecule has 122 valence electrons. The van der Waals surface area contributed by atoms with E-state index in [0.717, 1.165) is 5.75 Å². The van der Waals surface area contributed by atoms with E-state index in [2.05, 4.69) is 16.8 Å². The predicted molar refractivity (Wildman–Crippen MR) is 89.0 cm³/mol. The first-order valence-electron chi connectivity index (χ1n) is 7.01. The monoisotopic (exact) mass is 333 g/mol. The molecule has 2 rings (SSSR count). The second kappa shape index (κ2) is 8.50. The third-order valence-corrected chi connectivity index (χ3v) is 4.09. The fourth-order valence-electron chi connectivity index (χ4n) is 1.96. The number of allylic oxidation sites excluding steroid dienone is 1. The maximum absolute atomic E-state index is 12.3. The van der Waals surface area contributed by atoms with Crippen LogP contribution in [0.3, 0.4) is 0 Å². The van der Waals surface area contributed by atoms with Gasteiger partial charge in [-0.15, -0.1) is 16.8 Å². The minimum absolute atomic E-state index is 0.0269. The Bertz CT molecular complexity index is 668. The van der Waals surface area contributed by atoms with Crippen LogP contribution < -0.4 is 4.74 Å². The quantitative estimate of drug-likeness (QED) is 0.399. The van der Waals surface area contributed by atoms with Crippen molar-refractivity contribution in [2.75, 3.05) is 20.0 Å². The van der Waals surface area contributed by atoms with E-state index in [1.807, 2.05) is 4.57 Å². The molecule has 0 spiro atoms. The van der Waals surface area contributed by atoms with Gasteiger partial charge in [0.05, 0.1) is 12.9 Å². The molecule has 0 N–H and O–H groups in total. The lowest BCUT2D eigenvalue weighted by Crippen LogP contribution is -2.07. The molecule has 0 unspecified atom stereocenters. The number of ketones is 1. The highest BCUT2D eigenvalue weighted by molar-refractivity contribution is 7.99. The number of benzene rings is 1. The maximum atomic E-state index is 12.3. The second-order valence-electron chi connectivity index (χ2n) is 4.67. The Hall–Kier alpha value is -2.12. The van der Waals surface area contributed by atoms with Crippen molar-refractivity contribution in [1.29, 1.82) is 0 Å². The lowest BCUT2D eigenvalue weighted by atomic mass is 10.1. The van der Waals surface area contributed by atoms with Gasteiger partial charge in [0.25, 0.3) is 0 Å².